The molecular formula is C58H94O6. The lowest BCUT2D eigenvalue weighted by Gasteiger charge is -2.18. The summed E-state index contributed by atoms with van der Waals surface area (Å²) in [6.07, 6.45) is 69.3. The number of allylic oxidation sites excluding steroid dienone is 18. The molecule has 0 aliphatic carbocycles. The van der Waals surface area contributed by atoms with E-state index >= 15 is 0 Å². The molecule has 0 N–H and O–H groups in total. The Labute approximate surface area is 393 Å². The van der Waals surface area contributed by atoms with Crippen LogP contribution in [-0.2, 0) is 28.6 Å². The number of ether oxygens (including phenoxy) is 3. The van der Waals surface area contributed by atoms with Crippen molar-refractivity contribution in [3.8, 4) is 0 Å². The van der Waals surface area contributed by atoms with Crippen molar-refractivity contribution in [2.24, 2.45) is 0 Å². The topological polar surface area (TPSA) is 78.9 Å². The molecule has 64 heavy (non-hydrogen) atoms. The minimum atomic E-state index is -0.820. The van der Waals surface area contributed by atoms with Gasteiger partial charge in [0.2, 0.25) is 0 Å². The zero-order valence-corrected chi connectivity index (χ0v) is 41.3. The van der Waals surface area contributed by atoms with Crippen molar-refractivity contribution >= 4 is 17.9 Å². The summed E-state index contributed by atoms with van der Waals surface area (Å²) >= 11 is 0. The number of hydrogen-bond acceptors (Lipinski definition) is 6. The summed E-state index contributed by atoms with van der Waals surface area (Å²) < 4.78 is 16.7. The molecule has 0 bridgehead atoms. The van der Waals surface area contributed by atoms with Crippen LogP contribution in [0.15, 0.2) is 109 Å². The molecule has 0 spiro atoms. The molecule has 0 aliphatic heterocycles. The van der Waals surface area contributed by atoms with Gasteiger partial charge in [-0.05, 0) is 103 Å². The molecule has 0 saturated heterocycles. The van der Waals surface area contributed by atoms with Crippen molar-refractivity contribution in [3.63, 3.8) is 0 Å². The Morgan fingerprint density at radius 2 is 0.625 bits per heavy atom. The average molecular weight is 887 g/mol. The number of carbonyl (C=O) groups excluding carboxylic acids is 3. The van der Waals surface area contributed by atoms with E-state index in [1.807, 2.05) is 0 Å². The average Bonchev–Trinajstić information content (AvgIpc) is 3.29. The Morgan fingerprint density at radius 3 is 1.03 bits per heavy atom. The third kappa shape index (κ3) is 49.1. The van der Waals surface area contributed by atoms with E-state index in [2.05, 4.69) is 130 Å². The van der Waals surface area contributed by atoms with Gasteiger partial charge in [0.1, 0.15) is 13.2 Å². The highest BCUT2D eigenvalue weighted by Crippen LogP contribution is 2.13. The molecule has 0 aliphatic rings. The maximum Gasteiger partial charge on any atom is 0.306 e. The predicted molar refractivity (Wildman–Crippen MR) is 274 cm³/mol. The summed E-state index contributed by atoms with van der Waals surface area (Å²) in [5, 5.41) is 0. The van der Waals surface area contributed by atoms with Crippen LogP contribution in [0.25, 0.3) is 0 Å². The summed E-state index contributed by atoms with van der Waals surface area (Å²) in [5.41, 5.74) is 0. The van der Waals surface area contributed by atoms with Gasteiger partial charge >= 0.3 is 17.9 Å². The molecule has 6 heteroatoms. The van der Waals surface area contributed by atoms with Gasteiger partial charge in [-0.2, -0.15) is 0 Å². The molecule has 0 aromatic heterocycles. The first-order chi connectivity index (χ1) is 31.5. The Hall–Kier alpha value is -3.93. The fourth-order valence-electron chi connectivity index (χ4n) is 6.64. The molecule has 0 rings (SSSR count). The van der Waals surface area contributed by atoms with Crippen LogP contribution in [0.4, 0.5) is 0 Å². The van der Waals surface area contributed by atoms with E-state index < -0.39 is 6.10 Å². The quantitative estimate of drug-likeness (QED) is 0.0262. The van der Waals surface area contributed by atoms with E-state index in [0.29, 0.717) is 19.3 Å². The van der Waals surface area contributed by atoms with Crippen molar-refractivity contribution in [1.29, 1.82) is 0 Å². The Bertz CT molecular complexity index is 1340. The van der Waals surface area contributed by atoms with Crippen molar-refractivity contribution < 1.29 is 28.6 Å². The number of unbranched alkanes of at least 4 members (excludes halogenated alkanes) is 16. The maximum atomic E-state index is 12.8. The normalized spacial score (nSPS) is 13.0. The van der Waals surface area contributed by atoms with Gasteiger partial charge in [-0.25, -0.2) is 0 Å². The molecular weight excluding hydrogens is 793 g/mol. The molecule has 0 radical (unpaired) electrons. The van der Waals surface area contributed by atoms with Crippen LogP contribution in [0, 0.1) is 0 Å². The molecule has 0 aromatic rings. The van der Waals surface area contributed by atoms with Gasteiger partial charge in [-0.1, -0.05) is 207 Å². The van der Waals surface area contributed by atoms with Crippen molar-refractivity contribution in [2.75, 3.05) is 13.2 Å². The lowest BCUT2D eigenvalue weighted by atomic mass is 10.1. The van der Waals surface area contributed by atoms with Crippen LogP contribution in [-0.4, -0.2) is 37.2 Å². The molecule has 1 atom stereocenters. The fraction of sp³-hybridized carbons (Fsp3) is 0.638. The summed E-state index contributed by atoms with van der Waals surface area (Å²) in [4.78, 5) is 37.9. The second kappa shape index (κ2) is 51.7. The first-order valence-electron chi connectivity index (χ1n) is 25.9. The van der Waals surface area contributed by atoms with Crippen molar-refractivity contribution in [3.05, 3.63) is 109 Å². The van der Waals surface area contributed by atoms with Crippen LogP contribution in [0.3, 0.4) is 0 Å². The lowest BCUT2D eigenvalue weighted by Crippen LogP contribution is -2.30. The van der Waals surface area contributed by atoms with Gasteiger partial charge in [0.05, 0.1) is 0 Å². The van der Waals surface area contributed by atoms with E-state index in [9.17, 15) is 14.4 Å². The standard InChI is InChI=1S/C58H94O6/c1-4-7-10-13-16-19-22-24-26-28-29-31-32-34-36-39-42-45-48-51-57(60)63-54-55(53-62-56(59)50-47-44-41-38-21-18-15-12-9-6-3)64-58(61)52-49-46-43-40-37-35-33-30-27-25-23-20-17-14-11-8-5-2/h8,11,16-17,19-20,24-27,29,31,33-36,40,43,55H,4-7,9-10,12-15,18,21-23,28,30,32,37-39,41-42,44-54H2,1-3H3/b11-8-,19-16-,20-17-,26-24-,27-25-,31-29-,35-33-,36-34-,43-40-/t55-/m1/s1. The molecule has 6 nitrogen and oxygen atoms in total. The monoisotopic (exact) mass is 887 g/mol. The first kappa shape index (κ1) is 60.1. The summed E-state index contributed by atoms with van der Waals surface area (Å²) in [6.45, 7) is 6.39. The summed E-state index contributed by atoms with van der Waals surface area (Å²) in [6, 6.07) is 0. The van der Waals surface area contributed by atoms with Gasteiger partial charge < -0.3 is 14.2 Å². The second-order valence-corrected chi connectivity index (χ2v) is 16.7. The van der Waals surface area contributed by atoms with Crippen LogP contribution < -0.4 is 0 Å². The van der Waals surface area contributed by atoms with E-state index in [1.165, 1.54) is 70.6 Å². The molecule has 0 amide bonds. The van der Waals surface area contributed by atoms with Crippen LogP contribution in [0.2, 0.25) is 0 Å². The Kier molecular flexibility index (Phi) is 48.5. The SMILES string of the molecule is CC/C=C\C/C=C\C/C=C\C/C=C\C/C=C\CCCC(=O)O[C@@H](COC(=O)CCCCC/C=C\C/C=C\C/C=C\C/C=C\CCCCC)COC(=O)CCCCCCCCCCCC. The van der Waals surface area contributed by atoms with Crippen molar-refractivity contribution in [1.82, 2.24) is 0 Å². The van der Waals surface area contributed by atoms with Gasteiger partial charge in [-0.15, -0.1) is 0 Å². The van der Waals surface area contributed by atoms with E-state index in [0.717, 1.165) is 103 Å². The molecule has 362 valence electrons. The zero-order chi connectivity index (χ0) is 46.5. The minimum Gasteiger partial charge on any atom is -0.462 e. The molecule has 0 heterocycles. The largest absolute Gasteiger partial charge is 0.462 e. The fourth-order valence-corrected chi connectivity index (χ4v) is 6.64. The minimum absolute atomic E-state index is 0.112. The molecule has 0 aromatic carbocycles. The number of esters is 3. The Balaban J connectivity index is 4.52. The number of hydrogen-bond donors (Lipinski definition) is 0. The molecule has 0 saturated carbocycles. The Morgan fingerprint density at radius 1 is 0.328 bits per heavy atom. The summed E-state index contributed by atoms with van der Waals surface area (Å²) in [7, 11) is 0. The van der Waals surface area contributed by atoms with Gasteiger partial charge in [0.15, 0.2) is 6.10 Å². The van der Waals surface area contributed by atoms with Gasteiger partial charge in [0, 0.05) is 19.3 Å². The van der Waals surface area contributed by atoms with E-state index in [1.54, 1.807) is 0 Å². The molecule has 0 unspecified atom stereocenters. The first-order valence-corrected chi connectivity index (χ1v) is 25.9. The van der Waals surface area contributed by atoms with E-state index in [4.69, 9.17) is 14.2 Å². The smallest absolute Gasteiger partial charge is 0.306 e. The third-order valence-electron chi connectivity index (χ3n) is 10.5. The lowest BCUT2D eigenvalue weighted by molar-refractivity contribution is -0.167. The van der Waals surface area contributed by atoms with Gasteiger partial charge in [0.25, 0.3) is 0 Å². The predicted octanol–water partition coefficient (Wildman–Crippen LogP) is 17.1. The highest BCUT2D eigenvalue weighted by Gasteiger charge is 2.19. The van der Waals surface area contributed by atoms with E-state index in [-0.39, 0.29) is 37.5 Å². The molecule has 0 fully saturated rings. The third-order valence-corrected chi connectivity index (χ3v) is 10.5. The summed E-state index contributed by atoms with van der Waals surface area (Å²) in [5.74, 6) is -1.01. The van der Waals surface area contributed by atoms with Crippen molar-refractivity contribution in [2.45, 2.75) is 226 Å². The highest BCUT2D eigenvalue weighted by atomic mass is 16.6. The second-order valence-electron chi connectivity index (χ2n) is 16.7. The van der Waals surface area contributed by atoms with Crippen LogP contribution >= 0.6 is 0 Å². The van der Waals surface area contributed by atoms with Crippen LogP contribution in [0.1, 0.15) is 220 Å². The van der Waals surface area contributed by atoms with Crippen LogP contribution in [0.5, 0.6) is 0 Å². The number of carbonyl (C=O) groups is 3. The maximum absolute atomic E-state index is 12.8. The number of rotatable bonds is 45. The zero-order valence-electron chi connectivity index (χ0n) is 41.3. The highest BCUT2D eigenvalue weighted by molar-refractivity contribution is 5.71. The van der Waals surface area contributed by atoms with Gasteiger partial charge in [-0.3, -0.25) is 14.4 Å².